The Balaban J connectivity index is 1.62. The number of hydrogen-bond donors (Lipinski definition) is 2. The Morgan fingerprint density at radius 1 is 1.30 bits per heavy atom. The van der Waals surface area contributed by atoms with Crippen LogP contribution in [0.2, 0.25) is 0 Å². The van der Waals surface area contributed by atoms with E-state index in [1.807, 2.05) is 6.07 Å². The molecule has 3 aliphatic rings. The van der Waals surface area contributed by atoms with Crippen LogP contribution in [0.4, 0.5) is 0 Å². The number of methoxy groups -OCH3 is 1. The van der Waals surface area contributed by atoms with Crippen molar-refractivity contribution < 1.29 is 14.3 Å². The highest BCUT2D eigenvalue weighted by atomic mass is 16.5. The summed E-state index contributed by atoms with van der Waals surface area (Å²) in [4.78, 5) is 14.8. The van der Waals surface area contributed by atoms with Crippen molar-refractivity contribution in [2.45, 2.75) is 63.3 Å². The van der Waals surface area contributed by atoms with E-state index in [1.54, 1.807) is 7.11 Å². The minimum atomic E-state index is -0.106. The number of nitrogens with one attached hydrogen (secondary N) is 1. The predicted octanol–water partition coefficient (Wildman–Crippen LogP) is 3.42. The highest BCUT2D eigenvalue weighted by Crippen LogP contribution is 2.58. The van der Waals surface area contributed by atoms with Crippen molar-refractivity contribution in [1.29, 1.82) is 0 Å². The monoisotopic (exact) mass is 455 g/mol. The minimum absolute atomic E-state index is 0.00206. The lowest BCUT2D eigenvalue weighted by Gasteiger charge is -2.58. The first-order valence-corrected chi connectivity index (χ1v) is 12.7. The van der Waals surface area contributed by atoms with E-state index in [2.05, 4.69) is 42.4 Å². The van der Waals surface area contributed by atoms with Gasteiger partial charge in [0.15, 0.2) is 18.1 Å². The first kappa shape index (κ1) is 24.1. The van der Waals surface area contributed by atoms with Gasteiger partial charge in [-0.3, -0.25) is 4.79 Å². The van der Waals surface area contributed by atoms with Crippen molar-refractivity contribution >= 4 is 5.91 Å². The molecule has 0 radical (unpaired) electrons. The van der Waals surface area contributed by atoms with E-state index in [-0.39, 0.29) is 17.9 Å². The van der Waals surface area contributed by atoms with Gasteiger partial charge in [-0.1, -0.05) is 31.6 Å². The average Bonchev–Trinajstić information content (AvgIpc) is 2.82. The number of carbonyl (C=O) groups is 1. The molecular weight excluding hydrogens is 414 g/mol. The molecule has 0 spiro atoms. The zero-order valence-electron chi connectivity index (χ0n) is 20.6. The summed E-state index contributed by atoms with van der Waals surface area (Å²) in [7, 11) is 4.01. The van der Waals surface area contributed by atoms with Crippen molar-refractivity contribution in [2.75, 3.05) is 40.4 Å². The van der Waals surface area contributed by atoms with Gasteiger partial charge in [-0.05, 0) is 76.2 Å². The maximum atomic E-state index is 12.3. The third-order valence-electron chi connectivity index (χ3n) is 8.06. The summed E-state index contributed by atoms with van der Waals surface area (Å²) >= 11 is 0. The number of piperidine rings is 1. The molecule has 4 rings (SSSR count). The Morgan fingerprint density at radius 2 is 2.15 bits per heavy atom. The molecule has 1 aromatic carbocycles. The van der Waals surface area contributed by atoms with Crippen LogP contribution in [0.25, 0.3) is 0 Å². The zero-order valence-corrected chi connectivity index (χ0v) is 20.6. The van der Waals surface area contributed by atoms with E-state index in [0.29, 0.717) is 36.7 Å². The molecule has 2 unspecified atom stereocenters. The van der Waals surface area contributed by atoms with Gasteiger partial charge >= 0.3 is 0 Å². The fourth-order valence-corrected chi connectivity index (χ4v) is 6.51. The molecule has 4 atom stereocenters. The molecule has 2 bridgehead atoms. The number of unbranched alkanes of at least 4 members (excludes halogenated alkanes) is 1. The summed E-state index contributed by atoms with van der Waals surface area (Å²) in [6.45, 7) is 4.65. The molecule has 1 heterocycles. The molecule has 3 N–H and O–H groups in total. The van der Waals surface area contributed by atoms with Crippen molar-refractivity contribution in [2.24, 2.45) is 17.6 Å². The van der Waals surface area contributed by atoms with E-state index in [9.17, 15) is 4.79 Å². The molecular formula is C27H41N3O3. The summed E-state index contributed by atoms with van der Waals surface area (Å²) < 4.78 is 12.1. The fourth-order valence-electron chi connectivity index (χ4n) is 6.51. The van der Waals surface area contributed by atoms with Crippen LogP contribution in [-0.2, 0) is 16.6 Å². The van der Waals surface area contributed by atoms with Gasteiger partial charge in [-0.25, -0.2) is 0 Å². The number of amides is 1. The minimum Gasteiger partial charge on any atom is -0.493 e. The smallest absolute Gasteiger partial charge is 0.257 e. The number of hydrogen-bond acceptors (Lipinski definition) is 5. The summed E-state index contributed by atoms with van der Waals surface area (Å²) in [6, 6.07) is 4.73. The third-order valence-corrected chi connectivity index (χ3v) is 8.06. The van der Waals surface area contributed by atoms with Crippen molar-refractivity contribution in [1.82, 2.24) is 10.2 Å². The zero-order chi connectivity index (χ0) is 23.4. The summed E-state index contributed by atoms with van der Waals surface area (Å²) in [5, 5.41) is 2.92. The second kappa shape index (κ2) is 10.5. The van der Waals surface area contributed by atoms with Gasteiger partial charge in [-0.2, -0.15) is 0 Å². The van der Waals surface area contributed by atoms with E-state index >= 15 is 0 Å². The second-order valence-electron chi connectivity index (χ2n) is 10.1. The van der Waals surface area contributed by atoms with Gasteiger partial charge in [0.25, 0.3) is 5.91 Å². The molecule has 1 amide bonds. The Kier molecular flexibility index (Phi) is 7.65. The molecule has 0 saturated carbocycles. The Morgan fingerprint density at radius 3 is 2.91 bits per heavy atom. The van der Waals surface area contributed by atoms with Crippen LogP contribution in [0.1, 0.15) is 56.6 Å². The number of ether oxygens (including phenoxy) is 2. The van der Waals surface area contributed by atoms with Crippen LogP contribution in [0.15, 0.2) is 24.3 Å². The topological polar surface area (TPSA) is 76.8 Å². The van der Waals surface area contributed by atoms with E-state index < -0.39 is 0 Å². The number of likely N-dealkylation sites (tertiary alicyclic amines) is 1. The number of benzene rings is 1. The summed E-state index contributed by atoms with van der Waals surface area (Å²) in [6.07, 6.45) is 12.5. The van der Waals surface area contributed by atoms with Gasteiger partial charge in [0.05, 0.1) is 7.11 Å². The molecule has 33 heavy (non-hydrogen) atoms. The lowest BCUT2D eigenvalue weighted by Crippen LogP contribution is -2.59. The maximum absolute atomic E-state index is 12.3. The van der Waals surface area contributed by atoms with Gasteiger partial charge in [0, 0.05) is 29.5 Å². The predicted molar refractivity (Wildman–Crippen MR) is 132 cm³/mol. The van der Waals surface area contributed by atoms with Crippen molar-refractivity contribution in [3.63, 3.8) is 0 Å². The standard InChI is InChI=1S/C27H41N3O3/c1-4-7-19-8-10-21-22-16-20-9-11-23(33-18-24(31)29-14-6-5-13-28)26(32-3)25(20)27(21,17-19)12-15-30(22)2/h8-11,19,21-22H,4-7,12-18,28H2,1-3H3,(H,29,31)/t19-,21?,22+,27?/m0/s1. The molecule has 2 aliphatic carbocycles. The lowest BCUT2D eigenvalue weighted by atomic mass is 9.52. The van der Waals surface area contributed by atoms with Crippen LogP contribution in [0.3, 0.4) is 0 Å². The number of nitrogens with two attached hydrogens (primary N) is 1. The van der Waals surface area contributed by atoms with Crippen molar-refractivity contribution in [3.05, 3.63) is 35.4 Å². The van der Waals surface area contributed by atoms with E-state index in [0.717, 1.165) is 38.0 Å². The maximum Gasteiger partial charge on any atom is 0.257 e. The van der Waals surface area contributed by atoms with Crippen LogP contribution in [0, 0.1) is 11.8 Å². The second-order valence-corrected chi connectivity index (χ2v) is 10.1. The molecule has 1 saturated heterocycles. The highest BCUT2D eigenvalue weighted by Gasteiger charge is 2.54. The van der Waals surface area contributed by atoms with Crippen LogP contribution in [0.5, 0.6) is 11.5 Å². The summed E-state index contributed by atoms with van der Waals surface area (Å²) in [5.41, 5.74) is 8.32. The number of fused-ring (bicyclic) bond motifs is 1. The lowest BCUT2D eigenvalue weighted by molar-refractivity contribution is -0.123. The molecule has 6 nitrogen and oxygen atoms in total. The van der Waals surface area contributed by atoms with Gasteiger partial charge in [-0.15, -0.1) is 0 Å². The third kappa shape index (κ3) is 4.65. The Hall–Kier alpha value is -2.05. The number of rotatable bonds is 10. The normalized spacial score (nSPS) is 28.1. The number of carbonyl (C=O) groups excluding carboxylic acids is 1. The molecule has 1 aliphatic heterocycles. The number of likely N-dealkylation sites (N-methyl/N-ethyl adjacent to an activating group) is 1. The molecule has 182 valence electrons. The summed E-state index contributed by atoms with van der Waals surface area (Å²) in [5.74, 6) is 2.51. The van der Waals surface area contributed by atoms with Gasteiger partial charge in [0.2, 0.25) is 0 Å². The molecule has 6 heteroatoms. The first-order valence-electron chi connectivity index (χ1n) is 12.7. The number of nitrogens with zero attached hydrogens (tertiary/aromatic N) is 1. The molecule has 1 fully saturated rings. The average molecular weight is 456 g/mol. The molecule has 0 aromatic heterocycles. The SMILES string of the molecule is CCC[C@H]1C=CC2[C@H]3Cc4ccc(OCC(=O)NCCCCN)c(OC)c4C2(CCN3C)C1. The van der Waals surface area contributed by atoms with E-state index in [1.165, 1.54) is 30.4 Å². The fraction of sp³-hybridized carbons (Fsp3) is 0.667. The number of allylic oxidation sites excluding steroid dienone is 1. The van der Waals surface area contributed by atoms with E-state index in [4.69, 9.17) is 15.2 Å². The quantitative estimate of drug-likeness (QED) is 0.418. The van der Waals surface area contributed by atoms with Gasteiger partial charge in [0.1, 0.15) is 0 Å². The van der Waals surface area contributed by atoms with Crippen LogP contribution < -0.4 is 20.5 Å². The first-order chi connectivity index (χ1) is 16.0. The Bertz CT molecular complexity index is 870. The Labute approximate surface area is 198 Å². The van der Waals surface area contributed by atoms with Crippen LogP contribution >= 0.6 is 0 Å². The van der Waals surface area contributed by atoms with Crippen molar-refractivity contribution in [3.8, 4) is 11.5 Å². The highest BCUT2D eigenvalue weighted by molar-refractivity contribution is 5.77. The van der Waals surface area contributed by atoms with Crippen LogP contribution in [-0.4, -0.2) is 57.2 Å². The molecule has 1 aromatic rings. The largest absolute Gasteiger partial charge is 0.493 e. The van der Waals surface area contributed by atoms with Gasteiger partial charge < -0.3 is 25.4 Å².